The Morgan fingerprint density at radius 2 is 2.09 bits per heavy atom. The van der Waals surface area contributed by atoms with Crippen molar-refractivity contribution in [1.82, 2.24) is 0 Å². The van der Waals surface area contributed by atoms with E-state index < -0.39 is 24.4 Å². The number of rotatable bonds is 2. The van der Waals surface area contributed by atoms with Gasteiger partial charge in [0.25, 0.3) is 0 Å². The van der Waals surface area contributed by atoms with Crippen molar-refractivity contribution < 1.29 is 15.9 Å². The standard InChI is InChI=1S/C7H8F3N/c8-7(9,10)6(3-4-6)2-1-5-11/h1-4H2/i2D2. The Morgan fingerprint density at radius 1 is 1.55 bits per heavy atom. The van der Waals surface area contributed by atoms with E-state index in [1.54, 1.807) is 0 Å². The fourth-order valence-electron chi connectivity index (χ4n) is 0.894. The molecule has 0 aromatic carbocycles. The fraction of sp³-hybridized carbons (Fsp3) is 0.857. The summed E-state index contributed by atoms with van der Waals surface area (Å²) < 4.78 is 51.4. The van der Waals surface area contributed by atoms with Crippen molar-refractivity contribution in [2.45, 2.75) is 31.8 Å². The van der Waals surface area contributed by atoms with E-state index in [-0.39, 0.29) is 12.8 Å². The molecule has 1 rings (SSSR count). The van der Waals surface area contributed by atoms with E-state index in [0.29, 0.717) is 0 Å². The van der Waals surface area contributed by atoms with Crippen LogP contribution in [0.5, 0.6) is 0 Å². The average molecular weight is 165 g/mol. The minimum atomic E-state index is -4.53. The Bertz CT molecular complexity index is 249. The summed E-state index contributed by atoms with van der Waals surface area (Å²) in [6.07, 6.45) is -8.09. The van der Waals surface area contributed by atoms with Crippen LogP contribution in [0.1, 0.15) is 28.4 Å². The van der Waals surface area contributed by atoms with Crippen LogP contribution in [0.2, 0.25) is 0 Å². The summed E-state index contributed by atoms with van der Waals surface area (Å²) in [6.45, 7) is 0. The van der Waals surface area contributed by atoms with Crippen LogP contribution < -0.4 is 0 Å². The van der Waals surface area contributed by atoms with Crippen molar-refractivity contribution in [3.8, 4) is 6.07 Å². The molecule has 11 heavy (non-hydrogen) atoms. The smallest absolute Gasteiger partial charge is 0.198 e. The summed E-state index contributed by atoms with van der Waals surface area (Å²) >= 11 is 0. The first-order valence-electron chi connectivity index (χ1n) is 4.20. The topological polar surface area (TPSA) is 23.8 Å². The molecule has 0 radical (unpaired) electrons. The first kappa shape index (κ1) is 5.87. The van der Waals surface area contributed by atoms with Crippen molar-refractivity contribution in [3.05, 3.63) is 0 Å². The zero-order valence-electron chi connectivity index (χ0n) is 7.70. The molecular formula is C7H8F3N. The predicted molar refractivity (Wildman–Crippen MR) is 32.6 cm³/mol. The maximum Gasteiger partial charge on any atom is 0.394 e. The lowest BCUT2D eigenvalue weighted by Crippen LogP contribution is -2.24. The molecule has 0 unspecified atom stereocenters. The number of alkyl halides is 3. The molecule has 4 heteroatoms. The van der Waals surface area contributed by atoms with Gasteiger partial charge in [-0.3, -0.25) is 0 Å². The van der Waals surface area contributed by atoms with Crippen LogP contribution in [0.15, 0.2) is 0 Å². The third-order valence-corrected chi connectivity index (χ3v) is 1.80. The molecule has 1 fully saturated rings. The summed E-state index contributed by atoms with van der Waals surface area (Å²) in [5, 5.41) is 8.20. The van der Waals surface area contributed by atoms with Crippen LogP contribution in [0.25, 0.3) is 0 Å². The normalized spacial score (nSPS) is 24.9. The SMILES string of the molecule is [2H]C([2H])(CC#N)C1(C(F)(F)F)CC1. The number of nitrogens with zero attached hydrogens (tertiary/aromatic N) is 1. The molecule has 0 heterocycles. The quantitative estimate of drug-likeness (QED) is 0.617. The zero-order chi connectivity index (χ0) is 10.3. The van der Waals surface area contributed by atoms with E-state index in [9.17, 15) is 13.2 Å². The highest BCUT2D eigenvalue weighted by molar-refractivity contribution is 5.00. The lowest BCUT2D eigenvalue weighted by molar-refractivity contribution is -0.188. The van der Waals surface area contributed by atoms with Gasteiger partial charge in [0.1, 0.15) is 0 Å². The average Bonchev–Trinajstić information content (AvgIpc) is 2.61. The first-order valence-corrected chi connectivity index (χ1v) is 3.20. The van der Waals surface area contributed by atoms with Crippen LogP contribution in [0.4, 0.5) is 13.2 Å². The van der Waals surface area contributed by atoms with Crippen LogP contribution >= 0.6 is 0 Å². The maximum absolute atomic E-state index is 12.4. The molecule has 1 aliphatic rings. The largest absolute Gasteiger partial charge is 0.394 e. The summed E-state index contributed by atoms with van der Waals surface area (Å²) in [5.41, 5.74) is -2.25. The Morgan fingerprint density at radius 3 is 2.36 bits per heavy atom. The molecule has 0 aromatic rings. The third-order valence-electron chi connectivity index (χ3n) is 1.80. The molecule has 0 saturated heterocycles. The number of hydrogen-bond acceptors (Lipinski definition) is 1. The van der Waals surface area contributed by atoms with Crippen molar-refractivity contribution in [2.75, 3.05) is 0 Å². The van der Waals surface area contributed by atoms with Gasteiger partial charge in [0.2, 0.25) is 0 Å². The van der Waals surface area contributed by atoms with Gasteiger partial charge < -0.3 is 0 Å². The van der Waals surface area contributed by atoms with Crippen molar-refractivity contribution in [3.63, 3.8) is 0 Å². The van der Waals surface area contributed by atoms with Gasteiger partial charge in [0, 0.05) is 9.16 Å². The second-order valence-electron chi connectivity index (χ2n) is 2.59. The molecule has 0 aliphatic heterocycles. The fourth-order valence-corrected chi connectivity index (χ4v) is 0.894. The first-order chi connectivity index (χ1) is 5.77. The van der Waals surface area contributed by atoms with Gasteiger partial charge in [-0.05, 0) is 19.2 Å². The summed E-state index contributed by atoms with van der Waals surface area (Å²) in [7, 11) is 0. The maximum atomic E-state index is 12.4. The zero-order valence-corrected chi connectivity index (χ0v) is 5.70. The third kappa shape index (κ3) is 1.47. The van der Waals surface area contributed by atoms with E-state index in [2.05, 4.69) is 0 Å². The Labute approximate surface area is 65.6 Å². The summed E-state index contributed by atoms with van der Waals surface area (Å²) in [6, 6.07) is 1.45. The summed E-state index contributed by atoms with van der Waals surface area (Å²) in [5.74, 6) is 0. The number of nitriles is 1. The van der Waals surface area contributed by atoms with Crippen LogP contribution in [0.3, 0.4) is 0 Å². The Kier molecular flexibility index (Phi) is 1.28. The van der Waals surface area contributed by atoms with Gasteiger partial charge >= 0.3 is 6.18 Å². The van der Waals surface area contributed by atoms with E-state index in [0.717, 1.165) is 0 Å². The van der Waals surface area contributed by atoms with Gasteiger partial charge in [0.15, 0.2) is 0 Å². The summed E-state index contributed by atoms with van der Waals surface area (Å²) in [4.78, 5) is 0. The van der Waals surface area contributed by atoms with Gasteiger partial charge in [-0.15, -0.1) is 0 Å². The van der Waals surface area contributed by atoms with Crippen LogP contribution in [-0.2, 0) is 0 Å². The molecule has 1 aliphatic carbocycles. The Balaban J connectivity index is 2.88. The lowest BCUT2D eigenvalue weighted by atomic mass is 10.0. The minimum Gasteiger partial charge on any atom is -0.198 e. The second kappa shape index (κ2) is 2.40. The van der Waals surface area contributed by atoms with Crippen molar-refractivity contribution >= 4 is 0 Å². The van der Waals surface area contributed by atoms with Gasteiger partial charge in [-0.1, -0.05) is 0 Å². The van der Waals surface area contributed by atoms with Gasteiger partial charge in [-0.25, -0.2) is 0 Å². The molecule has 1 saturated carbocycles. The predicted octanol–water partition coefficient (Wildman–Crippen LogP) is 2.63. The molecule has 1 nitrogen and oxygen atoms in total. The van der Waals surface area contributed by atoms with E-state index in [1.807, 2.05) is 0 Å². The van der Waals surface area contributed by atoms with Crippen molar-refractivity contribution in [2.24, 2.45) is 5.41 Å². The minimum absolute atomic E-state index is 0.203. The molecule has 0 bridgehead atoms. The number of hydrogen-bond donors (Lipinski definition) is 0. The molecule has 62 valence electrons. The Hall–Kier alpha value is -0.720. The van der Waals surface area contributed by atoms with Gasteiger partial charge in [0.05, 0.1) is 11.5 Å². The van der Waals surface area contributed by atoms with E-state index >= 15 is 0 Å². The molecule has 0 spiro atoms. The second-order valence-corrected chi connectivity index (χ2v) is 2.59. The van der Waals surface area contributed by atoms with E-state index in [4.69, 9.17) is 8.00 Å². The number of halogens is 3. The van der Waals surface area contributed by atoms with Crippen LogP contribution in [0, 0.1) is 16.7 Å². The molecule has 0 atom stereocenters. The highest BCUT2D eigenvalue weighted by atomic mass is 19.4. The monoisotopic (exact) mass is 165 g/mol. The molecule has 0 amide bonds. The highest BCUT2D eigenvalue weighted by Crippen LogP contribution is 2.60. The van der Waals surface area contributed by atoms with E-state index in [1.165, 1.54) is 6.07 Å². The van der Waals surface area contributed by atoms with Crippen molar-refractivity contribution in [1.29, 1.82) is 5.26 Å². The molecular weight excluding hydrogens is 155 g/mol. The molecule has 0 N–H and O–H groups in total. The van der Waals surface area contributed by atoms with Crippen LogP contribution in [-0.4, -0.2) is 6.18 Å². The van der Waals surface area contributed by atoms with Gasteiger partial charge in [-0.2, -0.15) is 18.4 Å². The highest BCUT2D eigenvalue weighted by Gasteiger charge is 2.62. The molecule has 0 aromatic heterocycles. The lowest BCUT2D eigenvalue weighted by Gasteiger charge is -2.16.